The lowest BCUT2D eigenvalue weighted by atomic mass is 10.2. The summed E-state index contributed by atoms with van der Waals surface area (Å²) in [5, 5.41) is 0. The van der Waals surface area contributed by atoms with E-state index < -0.39 is 8.03 Å². The monoisotopic (exact) mass is 259 g/mol. The van der Waals surface area contributed by atoms with Crippen LogP contribution < -0.4 is 0 Å². The first-order valence-electron chi connectivity index (χ1n) is 5.91. The summed E-state index contributed by atoms with van der Waals surface area (Å²) >= 11 is 0. The minimum absolute atomic E-state index is 0.405. The molecular formula is C15H16O2P+. The van der Waals surface area contributed by atoms with Gasteiger partial charge in [-0.2, -0.15) is 0 Å². The van der Waals surface area contributed by atoms with Crippen LogP contribution in [0.25, 0.3) is 0 Å². The van der Waals surface area contributed by atoms with E-state index >= 15 is 0 Å². The topological polar surface area (TPSA) is 26.3 Å². The van der Waals surface area contributed by atoms with Gasteiger partial charge in [0.25, 0.3) is 0 Å². The predicted octanol–water partition coefficient (Wildman–Crippen LogP) is 4.45. The highest BCUT2D eigenvalue weighted by atomic mass is 31.1. The molecule has 0 spiro atoms. The smallest absolute Gasteiger partial charge is 0.141 e. The van der Waals surface area contributed by atoms with Gasteiger partial charge in [-0.05, 0) is 17.1 Å². The molecule has 3 heteroatoms. The normalized spacial score (nSPS) is 11.3. The van der Waals surface area contributed by atoms with Crippen LogP contribution >= 0.6 is 8.03 Å². The van der Waals surface area contributed by atoms with E-state index in [4.69, 9.17) is 4.52 Å². The fourth-order valence-electron chi connectivity index (χ4n) is 1.61. The zero-order valence-electron chi connectivity index (χ0n) is 10.4. The van der Waals surface area contributed by atoms with E-state index in [1.165, 1.54) is 5.56 Å². The first kappa shape index (κ1) is 12.9. The summed E-state index contributed by atoms with van der Waals surface area (Å²) in [5.41, 5.74) is 3.30. The van der Waals surface area contributed by atoms with Crippen molar-refractivity contribution >= 4 is 8.03 Å². The van der Waals surface area contributed by atoms with Crippen molar-refractivity contribution in [1.29, 1.82) is 0 Å². The van der Waals surface area contributed by atoms with Gasteiger partial charge in [0.2, 0.25) is 6.16 Å². The van der Waals surface area contributed by atoms with E-state index in [1.54, 1.807) is 0 Å². The Morgan fingerprint density at radius 1 is 0.944 bits per heavy atom. The second-order valence-electron chi connectivity index (χ2n) is 4.24. The first-order chi connectivity index (χ1) is 8.74. The van der Waals surface area contributed by atoms with Gasteiger partial charge in [0.1, 0.15) is 6.61 Å². The van der Waals surface area contributed by atoms with Crippen molar-refractivity contribution in [2.45, 2.75) is 19.7 Å². The molecule has 1 unspecified atom stereocenters. The van der Waals surface area contributed by atoms with E-state index in [2.05, 4.69) is 0 Å². The second-order valence-corrected chi connectivity index (χ2v) is 5.48. The highest BCUT2D eigenvalue weighted by Gasteiger charge is 2.18. The van der Waals surface area contributed by atoms with Crippen LogP contribution in [0, 0.1) is 6.92 Å². The summed E-state index contributed by atoms with van der Waals surface area (Å²) < 4.78 is 17.2. The van der Waals surface area contributed by atoms with E-state index in [0.717, 1.165) is 11.1 Å². The molecule has 0 radical (unpaired) electrons. The molecule has 0 bridgehead atoms. The zero-order chi connectivity index (χ0) is 12.8. The average Bonchev–Trinajstić information content (AvgIpc) is 2.40. The van der Waals surface area contributed by atoms with Gasteiger partial charge < -0.3 is 0 Å². The van der Waals surface area contributed by atoms with Crippen LogP contribution in [0.5, 0.6) is 0 Å². The van der Waals surface area contributed by atoms with Crippen LogP contribution in [-0.2, 0) is 21.9 Å². The molecule has 1 atom stereocenters. The van der Waals surface area contributed by atoms with Crippen molar-refractivity contribution in [3.63, 3.8) is 0 Å². The molecule has 0 saturated heterocycles. The van der Waals surface area contributed by atoms with E-state index in [1.807, 2.05) is 61.5 Å². The first-order valence-corrected chi connectivity index (χ1v) is 7.27. The summed E-state index contributed by atoms with van der Waals surface area (Å²) in [6.45, 7) is 2.44. The Hall–Kier alpha value is -1.50. The average molecular weight is 259 g/mol. The largest absolute Gasteiger partial charge is 0.513 e. The zero-order valence-corrected chi connectivity index (χ0v) is 11.3. The number of aryl methyl sites for hydroxylation is 1. The Bertz CT molecular complexity index is 506. The van der Waals surface area contributed by atoms with Crippen molar-refractivity contribution in [2.75, 3.05) is 0 Å². The van der Waals surface area contributed by atoms with E-state index in [-0.39, 0.29) is 0 Å². The lowest BCUT2D eigenvalue weighted by Gasteiger charge is -1.96. The van der Waals surface area contributed by atoms with Crippen molar-refractivity contribution in [3.8, 4) is 0 Å². The number of hydrogen-bond donors (Lipinski definition) is 0. The van der Waals surface area contributed by atoms with Crippen LogP contribution in [0.1, 0.15) is 16.7 Å². The summed E-state index contributed by atoms with van der Waals surface area (Å²) in [6, 6.07) is 17.8. The van der Waals surface area contributed by atoms with Gasteiger partial charge >= 0.3 is 8.03 Å². The predicted molar refractivity (Wildman–Crippen MR) is 73.7 cm³/mol. The van der Waals surface area contributed by atoms with Gasteiger partial charge in [-0.1, -0.05) is 60.2 Å². The number of rotatable bonds is 5. The third kappa shape index (κ3) is 4.06. The number of benzene rings is 2. The van der Waals surface area contributed by atoms with Crippen molar-refractivity contribution in [2.24, 2.45) is 0 Å². The Morgan fingerprint density at radius 2 is 1.61 bits per heavy atom. The third-order valence-electron chi connectivity index (χ3n) is 2.65. The standard InChI is InChI=1S/C15H16O2P/c1-13-7-9-15(10-8-13)12-18(16)17-11-14-5-3-2-4-6-14/h2-10H,11-12H2,1H3/q+1. The summed E-state index contributed by atoms with van der Waals surface area (Å²) in [4.78, 5) is 0. The molecule has 2 rings (SSSR count). The minimum atomic E-state index is -1.64. The summed E-state index contributed by atoms with van der Waals surface area (Å²) in [7, 11) is -1.64. The van der Waals surface area contributed by atoms with Gasteiger partial charge in [0, 0.05) is 5.56 Å². The lowest BCUT2D eigenvalue weighted by molar-refractivity contribution is 0.318. The molecule has 0 aliphatic rings. The molecule has 18 heavy (non-hydrogen) atoms. The van der Waals surface area contributed by atoms with Gasteiger partial charge in [0.05, 0.1) is 0 Å². The third-order valence-corrected chi connectivity index (χ3v) is 3.69. The van der Waals surface area contributed by atoms with E-state index in [9.17, 15) is 4.57 Å². The van der Waals surface area contributed by atoms with Crippen LogP contribution in [0.3, 0.4) is 0 Å². The quantitative estimate of drug-likeness (QED) is 0.741. The van der Waals surface area contributed by atoms with Gasteiger partial charge in [-0.25, -0.2) is 0 Å². The lowest BCUT2D eigenvalue weighted by Crippen LogP contribution is -1.87. The molecule has 2 nitrogen and oxygen atoms in total. The maximum absolute atomic E-state index is 11.8. The molecule has 0 aliphatic heterocycles. The molecule has 0 aliphatic carbocycles. The highest BCUT2D eigenvalue weighted by molar-refractivity contribution is 7.38. The summed E-state index contributed by atoms with van der Waals surface area (Å²) in [5.74, 6) is 0. The fourth-order valence-corrected chi connectivity index (χ4v) is 2.50. The SMILES string of the molecule is Cc1ccc(C[P+](=O)OCc2ccccc2)cc1. The molecular weight excluding hydrogens is 243 g/mol. The molecule has 0 N–H and O–H groups in total. The van der Waals surface area contributed by atoms with Gasteiger partial charge in [-0.15, -0.1) is 4.52 Å². The summed E-state index contributed by atoms with van der Waals surface area (Å²) in [6.07, 6.45) is 0.475. The highest BCUT2D eigenvalue weighted by Crippen LogP contribution is 2.29. The maximum Gasteiger partial charge on any atom is 0.513 e. The van der Waals surface area contributed by atoms with E-state index in [0.29, 0.717) is 12.8 Å². The molecule has 0 amide bonds. The second kappa shape index (κ2) is 6.44. The van der Waals surface area contributed by atoms with Crippen molar-refractivity contribution < 1.29 is 9.09 Å². The Morgan fingerprint density at radius 3 is 2.28 bits per heavy atom. The molecule has 0 saturated carbocycles. The van der Waals surface area contributed by atoms with Crippen LogP contribution in [0.4, 0.5) is 0 Å². The Kier molecular flexibility index (Phi) is 4.63. The van der Waals surface area contributed by atoms with Crippen LogP contribution in [0.15, 0.2) is 54.6 Å². The number of hydrogen-bond acceptors (Lipinski definition) is 2. The Labute approximate surface area is 108 Å². The minimum Gasteiger partial charge on any atom is -0.141 e. The van der Waals surface area contributed by atoms with Crippen LogP contribution in [0.2, 0.25) is 0 Å². The van der Waals surface area contributed by atoms with Crippen molar-refractivity contribution in [3.05, 3.63) is 71.3 Å². The van der Waals surface area contributed by atoms with Crippen molar-refractivity contribution in [1.82, 2.24) is 0 Å². The molecule has 2 aromatic carbocycles. The molecule has 0 heterocycles. The maximum atomic E-state index is 11.8. The molecule has 2 aromatic rings. The fraction of sp³-hybridized carbons (Fsp3) is 0.200. The molecule has 0 aromatic heterocycles. The van der Waals surface area contributed by atoms with Gasteiger partial charge in [0.15, 0.2) is 0 Å². The molecule has 0 fully saturated rings. The molecule has 92 valence electrons. The van der Waals surface area contributed by atoms with Gasteiger partial charge in [-0.3, -0.25) is 0 Å². The Balaban J connectivity index is 1.84. The van der Waals surface area contributed by atoms with Crippen LogP contribution in [-0.4, -0.2) is 0 Å².